The molecule has 0 amide bonds. The van der Waals surface area contributed by atoms with E-state index in [-0.39, 0.29) is 17.2 Å². The van der Waals surface area contributed by atoms with Crippen LogP contribution >= 0.6 is 11.3 Å². The van der Waals surface area contributed by atoms with Gasteiger partial charge >= 0.3 is 0 Å². The van der Waals surface area contributed by atoms with Crippen molar-refractivity contribution >= 4 is 33.5 Å². The number of aryl methyl sites for hydroxylation is 1. The van der Waals surface area contributed by atoms with Crippen LogP contribution in [0.4, 0.5) is 0 Å². The number of aromatic amines is 2. The molecule has 0 bridgehead atoms. The summed E-state index contributed by atoms with van der Waals surface area (Å²) < 4.78 is 0. The number of rotatable bonds is 2. The standard InChI is InChI=1S/C19H14N6OS/c1-9-2-3-13-12(7-24-25-13)14(9)10-6-11(19-21-4-5-27-19)17-15(16(10)20)18(26)23-8-22-17/h2-8,10,20H,1H3,(H,24,25)(H,22,23,26). The zero-order valence-electron chi connectivity index (χ0n) is 14.3. The number of thiazole rings is 1. The number of aromatic nitrogens is 5. The van der Waals surface area contributed by atoms with Gasteiger partial charge in [0.1, 0.15) is 5.01 Å². The largest absolute Gasteiger partial charge is 0.313 e. The van der Waals surface area contributed by atoms with Gasteiger partial charge in [0, 0.05) is 28.5 Å². The van der Waals surface area contributed by atoms with E-state index in [1.165, 1.54) is 17.7 Å². The Morgan fingerprint density at radius 3 is 2.96 bits per heavy atom. The van der Waals surface area contributed by atoms with Crippen molar-refractivity contribution in [3.05, 3.63) is 80.1 Å². The molecule has 1 aliphatic rings. The minimum atomic E-state index is -0.386. The van der Waals surface area contributed by atoms with E-state index >= 15 is 0 Å². The Labute approximate surface area is 157 Å². The van der Waals surface area contributed by atoms with E-state index in [9.17, 15) is 4.79 Å². The van der Waals surface area contributed by atoms with Crippen LogP contribution in [0.1, 0.15) is 33.3 Å². The smallest absolute Gasteiger partial charge is 0.260 e. The highest BCUT2D eigenvalue weighted by atomic mass is 32.1. The van der Waals surface area contributed by atoms with E-state index in [1.807, 2.05) is 30.5 Å². The number of benzene rings is 1. The lowest BCUT2D eigenvalue weighted by Gasteiger charge is -2.25. The van der Waals surface area contributed by atoms with E-state index in [0.29, 0.717) is 11.3 Å². The molecular weight excluding hydrogens is 360 g/mol. The van der Waals surface area contributed by atoms with Gasteiger partial charge in [0.25, 0.3) is 5.56 Å². The van der Waals surface area contributed by atoms with Gasteiger partial charge in [-0.15, -0.1) is 11.3 Å². The van der Waals surface area contributed by atoms with E-state index in [0.717, 1.165) is 32.6 Å². The lowest BCUT2D eigenvalue weighted by molar-refractivity contribution is 1.02. The summed E-state index contributed by atoms with van der Waals surface area (Å²) in [7, 11) is 0. The van der Waals surface area contributed by atoms with Crippen LogP contribution in [0.15, 0.2) is 47.1 Å². The molecule has 0 radical (unpaired) electrons. The predicted molar refractivity (Wildman–Crippen MR) is 104 cm³/mol. The summed E-state index contributed by atoms with van der Waals surface area (Å²) in [6, 6.07) is 3.98. The van der Waals surface area contributed by atoms with Gasteiger partial charge < -0.3 is 10.4 Å². The van der Waals surface area contributed by atoms with Crippen molar-refractivity contribution in [3.8, 4) is 0 Å². The molecule has 1 aliphatic carbocycles. The number of hydrogen-bond donors (Lipinski definition) is 3. The summed E-state index contributed by atoms with van der Waals surface area (Å²) in [4.78, 5) is 23.9. The van der Waals surface area contributed by atoms with E-state index in [2.05, 4.69) is 25.1 Å². The first-order valence-corrected chi connectivity index (χ1v) is 9.24. The third-order valence-electron chi connectivity index (χ3n) is 4.88. The van der Waals surface area contributed by atoms with Gasteiger partial charge in [0.05, 0.1) is 35.0 Å². The average Bonchev–Trinajstić information content (AvgIpc) is 3.34. The molecule has 8 heteroatoms. The van der Waals surface area contributed by atoms with E-state index < -0.39 is 0 Å². The third-order valence-corrected chi connectivity index (χ3v) is 5.69. The van der Waals surface area contributed by atoms with Crippen molar-refractivity contribution in [2.24, 2.45) is 0 Å². The Morgan fingerprint density at radius 2 is 2.15 bits per heavy atom. The molecule has 0 aliphatic heterocycles. The maximum absolute atomic E-state index is 12.6. The first-order chi connectivity index (χ1) is 13.1. The van der Waals surface area contributed by atoms with Crippen molar-refractivity contribution in [1.29, 1.82) is 5.41 Å². The highest BCUT2D eigenvalue weighted by Crippen LogP contribution is 2.39. The second kappa shape index (κ2) is 5.82. The first kappa shape index (κ1) is 15.8. The maximum atomic E-state index is 12.6. The van der Waals surface area contributed by atoms with Gasteiger partial charge in [-0.1, -0.05) is 12.1 Å². The summed E-state index contributed by atoms with van der Waals surface area (Å²) in [6.45, 7) is 2.01. The van der Waals surface area contributed by atoms with Crippen LogP contribution in [-0.2, 0) is 0 Å². The van der Waals surface area contributed by atoms with Crippen LogP contribution < -0.4 is 5.56 Å². The van der Waals surface area contributed by atoms with Crippen LogP contribution in [0.3, 0.4) is 0 Å². The van der Waals surface area contributed by atoms with E-state index in [1.54, 1.807) is 12.4 Å². The first-order valence-electron chi connectivity index (χ1n) is 8.36. The van der Waals surface area contributed by atoms with Gasteiger partial charge in [0.2, 0.25) is 0 Å². The molecule has 1 unspecified atom stereocenters. The molecule has 1 atom stereocenters. The molecule has 3 N–H and O–H groups in total. The summed E-state index contributed by atoms with van der Waals surface area (Å²) >= 11 is 1.49. The highest BCUT2D eigenvalue weighted by Gasteiger charge is 2.32. The fourth-order valence-electron chi connectivity index (χ4n) is 3.66. The lowest BCUT2D eigenvalue weighted by Crippen LogP contribution is -2.28. The molecule has 0 spiro atoms. The highest BCUT2D eigenvalue weighted by molar-refractivity contribution is 7.10. The van der Waals surface area contributed by atoms with Gasteiger partial charge in [-0.3, -0.25) is 9.89 Å². The summed E-state index contributed by atoms with van der Waals surface area (Å²) in [5, 5.41) is 19.5. The molecule has 3 aromatic heterocycles. The number of fused-ring (bicyclic) bond motifs is 2. The number of H-pyrrole nitrogens is 2. The Balaban J connectivity index is 1.83. The fourth-order valence-corrected chi connectivity index (χ4v) is 4.32. The van der Waals surface area contributed by atoms with Gasteiger partial charge in [-0.25, -0.2) is 9.97 Å². The van der Waals surface area contributed by atoms with Crippen LogP contribution in [0.2, 0.25) is 0 Å². The predicted octanol–water partition coefficient (Wildman–Crippen LogP) is 3.01. The zero-order valence-corrected chi connectivity index (χ0v) is 15.1. The van der Waals surface area contributed by atoms with Gasteiger partial charge in [0.15, 0.2) is 0 Å². The number of hydrogen-bond acceptors (Lipinski definition) is 6. The molecule has 27 heavy (non-hydrogen) atoms. The molecular formula is C19H14N6OS. The minimum Gasteiger partial charge on any atom is -0.313 e. The van der Waals surface area contributed by atoms with E-state index in [4.69, 9.17) is 5.41 Å². The summed E-state index contributed by atoms with van der Waals surface area (Å²) in [6.07, 6.45) is 6.86. The SMILES string of the molecule is Cc1ccc2[nH]ncc2c1C1C=C(c2nccs2)c2nc[nH]c(=O)c2C1=N. The van der Waals surface area contributed by atoms with Crippen molar-refractivity contribution in [3.63, 3.8) is 0 Å². The van der Waals surface area contributed by atoms with Crippen molar-refractivity contribution in [1.82, 2.24) is 25.1 Å². The summed E-state index contributed by atoms with van der Waals surface area (Å²) in [5.41, 5.74) is 4.42. The summed E-state index contributed by atoms with van der Waals surface area (Å²) in [5.74, 6) is -0.386. The molecule has 3 heterocycles. The number of nitrogens with one attached hydrogen (secondary N) is 3. The topological polar surface area (TPSA) is 111 Å². The molecule has 132 valence electrons. The number of allylic oxidation sites excluding steroid dienone is 1. The second-order valence-electron chi connectivity index (χ2n) is 6.39. The minimum absolute atomic E-state index is 0.233. The second-order valence-corrected chi connectivity index (χ2v) is 7.29. The molecule has 0 saturated carbocycles. The molecule has 0 fully saturated rings. The third kappa shape index (κ3) is 2.30. The molecule has 5 rings (SSSR count). The fraction of sp³-hybridized carbons (Fsp3) is 0.105. The Bertz CT molecular complexity index is 1280. The quantitative estimate of drug-likeness (QED) is 0.501. The van der Waals surface area contributed by atoms with Crippen molar-refractivity contribution in [2.45, 2.75) is 12.8 Å². The molecule has 1 aromatic carbocycles. The Morgan fingerprint density at radius 1 is 1.26 bits per heavy atom. The Kier molecular flexibility index (Phi) is 3.41. The normalized spacial score (nSPS) is 16.4. The monoisotopic (exact) mass is 374 g/mol. The molecule has 7 nitrogen and oxygen atoms in total. The van der Waals surface area contributed by atoms with Gasteiger partial charge in [-0.05, 0) is 24.1 Å². The Hall–Kier alpha value is -3.39. The van der Waals surface area contributed by atoms with Crippen molar-refractivity contribution < 1.29 is 0 Å². The number of nitrogens with zero attached hydrogens (tertiary/aromatic N) is 3. The van der Waals surface area contributed by atoms with Crippen LogP contribution in [-0.4, -0.2) is 30.9 Å². The lowest BCUT2D eigenvalue weighted by atomic mass is 9.79. The molecule has 0 saturated heterocycles. The maximum Gasteiger partial charge on any atom is 0.260 e. The van der Waals surface area contributed by atoms with Crippen LogP contribution in [0.25, 0.3) is 16.5 Å². The van der Waals surface area contributed by atoms with Crippen LogP contribution in [0.5, 0.6) is 0 Å². The molecule has 4 aromatic rings. The van der Waals surface area contributed by atoms with Crippen molar-refractivity contribution in [2.75, 3.05) is 0 Å². The van der Waals surface area contributed by atoms with Crippen LogP contribution in [0, 0.1) is 12.3 Å². The average molecular weight is 374 g/mol. The van der Waals surface area contributed by atoms with Gasteiger partial charge in [-0.2, -0.15) is 5.10 Å². The zero-order chi connectivity index (χ0) is 18.5.